The number of hydrogen-bond donors (Lipinski definition) is 0. The van der Waals surface area contributed by atoms with Crippen LogP contribution in [0.25, 0.3) is 0 Å². The maximum Gasteiger partial charge on any atom is 0.260 e. The largest absolute Gasteiger partial charge is 0.484 e. The minimum absolute atomic E-state index is 0.00531. The molecular formula is C19H19N5O3. The molecule has 0 radical (unpaired) electrons. The highest BCUT2D eigenvalue weighted by atomic mass is 16.5. The summed E-state index contributed by atoms with van der Waals surface area (Å²) in [6.45, 7) is 1.88. The van der Waals surface area contributed by atoms with Crippen molar-refractivity contribution in [2.24, 2.45) is 0 Å². The van der Waals surface area contributed by atoms with Crippen molar-refractivity contribution < 1.29 is 14.3 Å². The first-order valence-corrected chi connectivity index (χ1v) is 8.70. The summed E-state index contributed by atoms with van der Waals surface area (Å²) in [5, 5.41) is 8.34. The van der Waals surface area contributed by atoms with E-state index in [0.29, 0.717) is 37.0 Å². The Kier molecular flexibility index (Phi) is 4.95. The number of nitrogens with zero attached hydrogens (tertiary/aromatic N) is 5. The molecule has 27 heavy (non-hydrogen) atoms. The molecule has 1 amide bonds. The molecule has 138 valence electrons. The first-order valence-electron chi connectivity index (χ1n) is 8.70. The highest BCUT2D eigenvalue weighted by Crippen LogP contribution is 2.17. The van der Waals surface area contributed by atoms with Crippen LogP contribution in [0, 0.1) is 0 Å². The van der Waals surface area contributed by atoms with Crippen LogP contribution in [0.3, 0.4) is 0 Å². The number of aromatic nitrogens is 4. The van der Waals surface area contributed by atoms with Gasteiger partial charge in [-0.05, 0) is 18.2 Å². The van der Waals surface area contributed by atoms with E-state index in [-0.39, 0.29) is 19.1 Å². The third-order valence-corrected chi connectivity index (χ3v) is 4.29. The van der Waals surface area contributed by atoms with E-state index in [9.17, 15) is 4.79 Å². The van der Waals surface area contributed by atoms with Crippen LogP contribution in [0.4, 0.5) is 0 Å². The summed E-state index contributed by atoms with van der Waals surface area (Å²) in [4.78, 5) is 18.4. The summed E-state index contributed by atoms with van der Waals surface area (Å²) < 4.78 is 13.0. The number of hydrogen-bond acceptors (Lipinski definition) is 6. The van der Waals surface area contributed by atoms with Crippen molar-refractivity contribution in [3.63, 3.8) is 0 Å². The molecule has 0 fully saturated rings. The number of benzene rings is 1. The molecule has 3 aromatic rings. The van der Waals surface area contributed by atoms with Crippen LogP contribution in [-0.2, 0) is 24.5 Å². The molecule has 4 rings (SSSR count). The second-order valence-corrected chi connectivity index (χ2v) is 6.08. The van der Waals surface area contributed by atoms with Crippen LogP contribution < -0.4 is 9.47 Å². The molecule has 8 heteroatoms. The fourth-order valence-electron chi connectivity index (χ4n) is 2.85. The van der Waals surface area contributed by atoms with Crippen molar-refractivity contribution in [1.29, 1.82) is 0 Å². The SMILES string of the molecule is O=C(COc1ccccc1)N1CCn2nnc(COc3ccccn3)c2C1. The second kappa shape index (κ2) is 7.86. The van der Waals surface area contributed by atoms with E-state index < -0.39 is 0 Å². The van der Waals surface area contributed by atoms with Gasteiger partial charge in [0.2, 0.25) is 5.88 Å². The van der Waals surface area contributed by atoms with Gasteiger partial charge < -0.3 is 14.4 Å². The van der Waals surface area contributed by atoms with E-state index in [1.54, 1.807) is 17.2 Å². The zero-order chi connectivity index (χ0) is 18.5. The van der Waals surface area contributed by atoms with Gasteiger partial charge in [0.25, 0.3) is 5.91 Å². The summed E-state index contributed by atoms with van der Waals surface area (Å²) >= 11 is 0. The third kappa shape index (κ3) is 4.05. The number of rotatable bonds is 6. The first kappa shape index (κ1) is 17.0. The molecule has 0 atom stereocenters. The molecule has 0 spiro atoms. The Morgan fingerprint density at radius 2 is 1.89 bits per heavy atom. The molecule has 8 nitrogen and oxygen atoms in total. The molecule has 1 aliphatic heterocycles. The molecule has 0 N–H and O–H groups in total. The van der Waals surface area contributed by atoms with Gasteiger partial charge in [0.15, 0.2) is 6.61 Å². The van der Waals surface area contributed by atoms with E-state index in [4.69, 9.17) is 9.47 Å². The van der Waals surface area contributed by atoms with Crippen molar-refractivity contribution in [1.82, 2.24) is 24.9 Å². The van der Waals surface area contributed by atoms with E-state index >= 15 is 0 Å². The topological polar surface area (TPSA) is 82.4 Å². The predicted molar refractivity (Wildman–Crippen MR) is 95.9 cm³/mol. The fraction of sp³-hybridized carbons (Fsp3) is 0.263. The average Bonchev–Trinajstić information content (AvgIpc) is 3.14. The van der Waals surface area contributed by atoms with Gasteiger partial charge >= 0.3 is 0 Å². The van der Waals surface area contributed by atoms with Crippen LogP contribution in [0.1, 0.15) is 11.4 Å². The number of pyridine rings is 1. The minimum Gasteiger partial charge on any atom is -0.484 e. The number of fused-ring (bicyclic) bond motifs is 1. The van der Waals surface area contributed by atoms with E-state index in [2.05, 4.69) is 15.3 Å². The standard InChI is InChI=1S/C19H19N5O3/c25-19(14-26-15-6-2-1-3-7-15)23-10-11-24-17(12-23)16(21-22-24)13-27-18-8-4-5-9-20-18/h1-9H,10-14H2. The Hall–Kier alpha value is -3.42. The molecule has 1 aromatic carbocycles. The summed E-state index contributed by atoms with van der Waals surface area (Å²) in [7, 11) is 0. The van der Waals surface area contributed by atoms with Gasteiger partial charge in [-0.1, -0.05) is 29.5 Å². The van der Waals surface area contributed by atoms with Crippen molar-refractivity contribution in [2.45, 2.75) is 19.7 Å². The van der Waals surface area contributed by atoms with Crippen LogP contribution >= 0.6 is 0 Å². The molecule has 0 bridgehead atoms. The average molecular weight is 365 g/mol. The van der Waals surface area contributed by atoms with Crippen molar-refractivity contribution in [2.75, 3.05) is 13.2 Å². The van der Waals surface area contributed by atoms with Crippen LogP contribution in [0.2, 0.25) is 0 Å². The van der Waals surface area contributed by atoms with E-state index in [1.807, 2.05) is 47.1 Å². The highest BCUT2D eigenvalue weighted by Gasteiger charge is 2.25. The zero-order valence-corrected chi connectivity index (χ0v) is 14.7. The van der Waals surface area contributed by atoms with Gasteiger partial charge in [0.05, 0.1) is 18.8 Å². The Bertz CT molecular complexity index is 898. The maximum absolute atomic E-state index is 12.5. The van der Waals surface area contributed by atoms with Crippen molar-refractivity contribution in [3.8, 4) is 11.6 Å². The lowest BCUT2D eigenvalue weighted by molar-refractivity contribution is -0.134. The zero-order valence-electron chi connectivity index (χ0n) is 14.7. The summed E-state index contributed by atoms with van der Waals surface area (Å²) in [5.41, 5.74) is 1.59. The van der Waals surface area contributed by atoms with Gasteiger partial charge in [-0.25, -0.2) is 9.67 Å². The fourth-order valence-corrected chi connectivity index (χ4v) is 2.85. The Balaban J connectivity index is 1.37. The smallest absolute Gasteiger partial charge is 0.260 e. The molecule has 0 unspecified atom stereocenters. The number of carbonyl (C=O) groups is 1. The van der Waals surface area contributed by atoms with Crippen LogP contribution in [0.5, 0.6) is 11.6 Å². The Labute approximate surface area is 156 Å². The molecule has 3 heterocycles. The number of amides is 1. The minimum atomic E-state index is -0.0668. The van der Waals surface area contributed by atoms with Gasteiger partial charge in [0, 0.05) is 18.8 Å². The first-order chi connectivity index (χ1) is 13.3. The number of ether oxygens (including phenoxy) is 2. The van der Waals surface area contributed by atoms with Crippen LogP contribution in [0.15, 0.2) is 54.7 Å². The third-order valence-electron chi connectivity index (χ3n) is 4.29. The van der Waals surface area contributed by atoms with Gasteiger partial charge in [-0.15, -0.1) is 5.10 Å². The Morgan fingerprint density at radius 1 is 1.04 bits per heavy atom. The number of para-hydroxylation sites is 1. The normalized spacial score (nSPS) is 13.1. The maximum atomic E-state index is 12.5. The summed E-state index contributed by atoms with van der Waals surface area (Å²) in [5.74, 6) is 1.14. The predicted octanol–water partition coefficient (Wildman–Crippen LogP) is 1.67. The summed E-state index contributed by atoms with van der Waals surface area (Å²) in [6, 6.07) is 14.8. The highest BCUT2D eigenvalue weighted by molar-refractivity contribution is 5.77. The molecule has 2 aromatic heterocycles. The molecule has 0 saturated heterocycles. The van der Waals surface area contributed by atoms with Gasteiger partial charge in [-0.3, -0.25) is 4.79 Å². The van der Waals surface area contributed by atoms with E-state index in [1.165, 1.54) is 0 Å². The quantitative estimate of drug-likeness (QED) is 0.661. The lowest BCUT2D eigenvalue weighted by atomic mass is 10.2. The van der Waals surface area contributed by atoms with Gasteiger partial charge in [0.1, 0.15) is 18.1 Å². The lowest BCUT2D eigenvalue weighted by Gasteiger charge is -2.27. The van der Waals surface area contributed by atoms with Crippen molar-refractivity contribution in [3.05, 3.63) is 66.1 Å². The molecular weight excluding hydrogens is 346 g/mol. The second-order valence-electron chi connectivity index (χ2n) is 6.08. The van der Waals surface area contributed by atoms with Gasteiger partial charge in [-0.2, -0.15) is 0 Å². The van der Waals surface area contributed by atoms with Crippen molar-refractivity contribution >= 4 is 5.91 Å². The number of carbonyl (C=O) groups excluding carboxylic acids is 1. The molecule has 1 aliphatic rings. The van der Waals surface area contributed by atoms with Crippen LogP contribution in [-0.4, -0.2) is 43.9 Å². The molecule has 0 aliphatic carbocycles. The lowest BCUT2D eigenvalue weighted by Crippen LogP contribution is -2.41. The molecule has 0 saturated carbocycles. The van der Waals surface area contributed by atoms with E-state index in [0.717, 1.165) is 5.69 Å². The summed E-state index contributed by atoms with van der Waals surface area (Å²) in [6.07, 6.45) is 1.67. The Morgan fingerprint density at radius 3 is 2.70 bits per heavy atom. The monoisotopic (exact) mass is 365 g/mol.